The quantitative estimate of drug-likeness (QED) is 0.727. The molecule has 1 aromatic heterocycles. The van der Waals surface area contributed by atoms with Gasteiger partial charge in [0.2, 0.25) is 0 Å². The first kappa shape index (κ1) is 9.55. The van der Waals surface area contributed by atoms with Gasteiger partial charge in [-0.15, -0.1) is 0 Å². The van der Waals surface area contributed by atoms with Crippen molar-refractivity contribution in [1.29, 1.82) is 0 Å². The topological polar surface area (TPSA) is 38.0 Å². The minimum absolute atomic E-state index is 0.500. The number of halogens is 1. The number of aromatic nitrogens is 2. The second-order valence-corrected chi connectivity index (χ2v) is 3.79. The van der Waals surface area contributed by atoms with Gasteiger partial charge in [-0.05, 0) is 20.8 Å². The lowest BCUT2D eigenvalue weighted by molar-refractivity contribution is 0.0780. The van der Waals surface area contributed by atoms with E-state index in [2.05, 4.69) is 5.10 Å². The highest BCUT2D eigenvalue weighted by Crippen LogP contribution is 2.29. The Hall–Kier alpha value is -0.540. The monoisotopic (exact) mass is 188 g/mol. The molecule has 0 bridgehead atoms. The molecule has 0 spiro atoms. The van der Waals surface area contributed by atoms with Crippen molar-refractivity contribution in [2.45, 2.75) is 26.4 Å². The first-order valence-electron chi connectivity index (χ1n) is 3.76. The van der Waals surface area contributed by atoms with Crippen LogP contribution in [0.3, 0.4) is 0 Å². The van der Waals surface area contributed by atoms with E-state index < -0.39 is 5.60 Å². The average molecular weight is 189 g/mol. The van der Waals surface area contributed by atoms with E-state index in [0.29, 0.717) is 10.7 Å². The van der Waals surface area contributed by atoms with Crippen LogP contribution in [0.1, 0.15) is 25.1 Å². The van der Waals surface area contributed by atoms with Gasteiger partial charge in [0.05, 0.1) is 11.3 Å². The summed E-state index contributed by atoms with van der Waals surface area (Å²) in [5.41, 5.74) is 0.553. The second kappa shape index (κ2) is 2.75. The molecule has 0 atom stereocenters. The molecule has 1 N–H and O–H groups in total. The van der Waals surface area contributed by atoms with Crippen molar-refractivity contribution < 1.29 is 5.11 Å². The molecule has 4 heteroatoms. The Labute approximate surface area is 77.0 Å². The van der Waals surface area contributed by atoms with Gasteiger partial charge < -0.3 is 5.11 Å². The Morgan fingerprint density at radius 3 is 2.17 bits per heavy atom. The summed E-state index contributed by atoms with van der Waals surface area (Å²) >= 11 is 5.94. The Morgan fingerprint density at radius 2 is 2.00 bits per heavy atom. The highest BCUT2D eigenvalue weighted by atomic mass is 35.5. The van der Waals surface area contributed by atoms with Gasteiger partial charge in [-0.25, -0.2) is 0 Å². The molecular formula is C8H13ClN2O. The van der Waals surface area contributed by atoms with E-state index in [9.17, 15) is 5.11 Å². The molecule has 0 radical (unpaired) electrons. The number of hydrogen-bond donors (Lipinski definition) is 1. The van der Waals surface area contributed by atoms with Crippen molar-refractivity contribution >= 4 is 11.6 Å². The normalized spacial score (nSPS) is 12.2. The SMILES string of the molecule is Cc1nn(C)c(Cl)c1C(C)(C)O. The van der Waals surface area contributed by atoms with Gasteiger partial charge in [0, 0.05) is 12.6 Å². The van der Waals surface area contributed by atoms with E-state index >= 15 is 0 Å². The highest BCUT2D eigenvalue weighted by molar-refractivity contribution is 6.30. The smallest absolute Gasteiger partial charge is 0.133 e. The molecule has 3 nitrogen and oxygen atoms in total. The number of nitrogens with zero attached hydrogens (tertiary/aromatic N) is 2. The summed E-state index contributed by atoms with van der Waals surface area (Å²) in [7, 11) is 1.75. The van der Waals surface area contributed by atoms with Crippen LogP contribution in [-0.2, 0) is 12.6 Å². The minimum Gasteiger partial charge on any atom is -0.386 e. The van der Waals surface area contributed by atoms with E-state index in [1.807, 2.05) is 6.92 Å². The highest BCUT2D eigenvalue weighted by Gasteiger charge is 2.25. The first-order chi connectivity index (χ1) is 5.34. The maximum Gasteiger partial charge on any atom is 0.133 e. The predicted octanol–water partition coefficient (Wildman–Crippen LogP) is 1.61. The lowest BCUT2D eigenvalue weighted by Gasteiger charge is -2.16. The maximum absolute atomic E-state index is 9.73. The lowest BCUT2D eigenvalue weighted by atomic mass is 10.00. The van der Waals surface area contributed by atoms with E-state index in [1.165, 1.54) is 0 Å². The van der Waals surface area contributed by atoms with Crippen molar-refractivity contribution in [3.8, 4) is 0 Å². The molecule has 0 aliphatic heterocycles. The molecule has 0 aliphatic carbocycles. The van der Waals surface area contributed by atoms with Crippen LogP contribution < -0.4 is 0 Å². The van der Waals surface area contributed by atoms with Crippen molar-refractivity contribution in [1.82, 2.24) is 9.78 Å². The molecule has 68 valence electrons. The Bertz CT molecular complexity index is 299. The molecule has 1 aromatic rings. The van der Waals surface area contributed by atoms with Crippen LogP contribution >= 0.6 is 11.6 Å². The van der Waals surface area contributed by atoms with Gasteiger partial charge in [-0.2, -0.15) is 5.10 Å². The van der Waals surface area contributed by atoms with Crippen LogP contribution in [0.15, 0.2) is 0 Å². The molecule has 0 unspecified atom stereocenters. The number of aryl methyl sites for hydroxylation is 2. The molecule has 0 aromatic carbocycles. The largest absolute Gasteiger partial charge is 0.386 e. The van der Waals surface area contributed by atoms with Crippen LogP contribution in [0.4, 0.5) is 0 Å². The molecule has 0 aliphatic rings. The van der Waals surface area contributed by atoms with Gasteiger partial charge in [0.1, 0.15) is 5.15 Å². The van der Waals surface area contributed by atoms with Crippen LogP contribution in [0.5, 0.6) is 0 Å². The second-order valence-electron chi connectivity index (χ2n) is 3.43. The predicted molar refractivity (Wildman–Crippen MR) is 48.2 cm³/mol. The summed E-state index contributed by atoms with van der Waals surface area (Å²) in [5.74, 6) is 0. The zero-order valence-electron chi connectivity index (χ0n) is 7.72. The molecule has 0 fully saturated rings. The Balaban J connectivity index is 3.32. The number of hydrogen-bond acceptors (Lipinski definition) is 2. The third-order valence-electron chi connectivity index (χ3n) is 1.76. The van der Waals surface area contributed by atoms with Crippen molar-refractivity contribution in [2.24, 2.45) is 7.05 Å². The van der Waals surface area contributed by atoms with Crippen molar-refractivity contribution in [2.75, 3.05) is 0 Å². The van der Waals surface area contributed by atoms with E-state index in [4.69, 9.17) is 11.6 Å². The summed E-state index contributed by atoms with van der Waals surface area (Å²) in [6.45, 7) is 5.23. The van der Waals surface area contributed by atoms with Gasteiger partial charge in [-0.1, -0.05) is 11.6 Å². The average Bonchev–Trinajstić information content (AvgIpc) is 2.05. The Kier molecular flexibility index (Phi) is 2.19. The fourth-order valence-corrected chi connectivity index (χ4v) is 1.73. The summed E-state index contributed by atoms with van der Waals surface area (Å²) in [6.07, 6.45) is 0. The summed E-state index contributed by atoms with van der Waals surface area (Å²) in [6, 6.07) is 0. The van der Waals surface area contributed by atoms with Crippen LogP contribution in [-0.4, -0.2) is 14.9 Å². The van der Waals surface area contributed by atoms with E-state index in [0.717, 1.165) is 5.69 Å². The van der Waals surface area contributed by atoms with E-state index in [1.54, 1.807) is 25.6 Å². The third kappa shape index (κ3) is 1.47. The summed E-state index contributed by atoms with van der Waals surface area (Å²) in [4.78, 5) is 0. The van der Waals surface area contributed by atoms with Gasteiger partial charge in [-0.3, -0.25) is 4.68 Å². The summed E-state index contributed by atoms with van der Waals surface area (Å²) < 4.78 is 1.56. The van der Waals surface area contributed by atoms with Gasteiger partial charge in [0.15, 0.2) is 0 Å². The third-order valence-corrected chi connectivity index (χ3v) is 2.20. The fraction of sp³-hybridized carbons (Fsp3) is 0.625. The van der Waals surface area contributed by atoms with Crippen LogP contribution in [0.2, 0.25) is 5.15 Å². The van der Waals surface area contributed by atoms with Crippen molar-refractivity contribution in [3.05, 3.63) is 16.4 Å². The number of rotatable bonds is 1. The standard InChI is InChI=1S/C8H13ClN2O/c1-5-6(8(2,3)12)7(9)11(4)10-5/h12H,1-4H3. The summed E-state index contributed by atoms with van der Waals surface area (Å²) in [5, 5.41) is 14.3. The molecule has 0 amide bonds. The fourth-order valence-electron chi connectivity index (χ4n) is 1.33. The molecular weight excluding hydrogens is 176 g/mol. The molecule has 12 heavy (non-hydrogen) atoms. The number of aliphatic hydroxyl groups is 1. The van der Waals surface area contributed by atoms with Gasteiger partial charge in [0.25, 0.3) is 0 Å². The minimum atomic E-state index is -0.921. The molecule has 1 rings (SSSR count). The molecule has 0 saturated carbocycles. The Morgan fingerprint density at radius 1 is 1.50 bits per heavy atom. The van der Waals surface area contributed by atoms with Gasteiger partial charge >= 0.3 is 0 Å². The molecule has 1 heterocycles. The zero-order chi connectivity index (χ0) is 9.52. The van der Waals surface area contributed by atoms with Crippen molar-refractivity contribution in [3.63, 3.8) is 0 Å². The lowest BCUT2D eigenvalue weighted by Crippen LogP contribution is -2.16. The van der Waals surface area contributed by atoms with Crippen LogP contribution in [0.25, 0.3) is 0 Å². The first-order valence-corrected chi connectivity index (χ1v) is 4.13. The maximum atomic E-state index is 9.73. The van der Waals surface area contributed by atoms with Crippen LogP contribution in [0, 0.1) is 6.92 Å². The zero-order valence-corrected chi connectivity index (χ0v) is 8.48. The van der Waals surface area contributed by atoms with E-state index in [-0.39, 0.29) is 0 Å². The molecule has 0 saturated heterocycles.